The zero-order valence-electron chi connectivity index (χ0n) is 32.3. The minimum Gasteiger partial charge on any atom is -0.478 e. The van der Waals surface area contributed by atoms with E-state index in [0.717, 1.165) is 5.56 Å². The first-order valence-electron chi connectivity index (χ1n) is 19.0. The molecule has 0 radical (unpaired) electrons. The molecule has 2 fully saturated rings. The second-order valence-corrected chi connectivity index (χ2v) is 17.3. The van der Waals surface area contributed by atoms with Gasteiger partial charge in [0, 0.05) is 58.6 Å². The Labute approximate surface area is 313 Å². The minimum absolute atomic E-state index is 0.000776. The molecule has 0 bridgehead atoms. The third-order valence-corrected chi connectivity index (χ3v) is 14.3. The minimum atomic E-state index is -1.24. The third-order valence-electron chi connectivity index (χ3n) is 14.3. The maximum absolute atomic E-state index is 14.9. The first kappa shape index (κ1) is 40.5. The van der Waals surface area contributed by atoms with Crippen molar-refractivity contribution in [3.63, 3.8) is 0 Å². The maximum atomic E-state index is 14.9. The lowest BCUT2D eigenvalue weighted by Gasteiger charge is -2.63. The number of fused-ring (bicyclic) bond motifs is 4. The van der Waals surface area contributed by atoms with Crippen LogP contribution in [0.5, 0.6) is 0 Å². The fourth-order valence-electron chi connectivity index (χ4n) is 11.3. The van der Waals surface area contributed by atoms with Gasteiger partial charge in [0.1, 0.15) is 5.78 Å². The molecule has 11 nitrogen and oxygen atoms in total. The zero-order chi connectivity index (χ0) is 39.3. The van der Waals surface area contributed by atoms with E-state index in [1.54, 1.807) is 7.05 Å². The van der Waals surface area contributed by atoms with E-state index in [2.05, 4.69) is 17.2 Å². The molecule has 11 heteroatoms. The summed E-state index contributed by atoms with van der Waals surface area (Å²) in [4.78, 5) is 44.8. The molecule has 53 heavy (non-hydrogen) atoms. The van der Waals surface area contributed by atoms with Gasteiger partial charge in [0.25, 0.3) is 0 Å². The predicted octanol–water partition coefficient (Wildman–Crippen LogP) is 3.87. The number of allylic oxidation sites excluding steroid dienone is 1. The van der Waals surface area contributed by atoms with E-state index >= 15 is 0 Å². The Morgan fingerprint density at radius 2 is 1.75 bits per heavy atom. The number of aliphatic carboxylic acids is 1. The van der Waals surface area contributed by atoms with Crippen LogP contribution in [0.1, 0.15) is 79.2 Å². The Morgan fingerprint density at radius 1 is 1.09 bits per heavy atom. The van der Waals surface area contributed by atoms with Crippen molar-refractivity contribution >= 4 is 29.6 Å². The van der Waals surface area contributed by atoms with E-state index in [0.29, 0.717) is 30.5 Å². The average Bonchev–Trinajstić information content (AvgIpc) is 3.29. The molecule has 2 saturated carbocycles. The summed E-state index contributed by atoms with van der Waals surface area (Å²) in [5, 5.41) is 49.6. The van der Waals surface area contributed by atoms with Crippen LogP contribution < -0.4 is 16.8 Å². The van der Waals surface area contributed by atoms with Crippen molar-refractivity contribution in [2.45, 2.75) is 92.0 Å². The molecular formula is C42H60N4O7. The summed E-state index contributed by atoms with van der Waals surface area (Å²) in [6.45, 7) is 12.3. The Bertz CT molecular complexity index is 1710. The number of aliphatic hydroxyl groups excluding tert-OH is 3. The van der Waals surface area contributed by atoms with Gasteiger partial charge in [-0.2, -0.15) is 0 Å². The van der Waals surface area contributed by atoms with Gasteiger partial charge in [-0.1, -0.05) is 84.0 Å². The van der Waals surface area contributed by atoms with Gasteiger partial charge in [0.05, 0.1) is 18.3 Å². The summed E-state index contributed by atoms with van der Waals surface area (Å²) in [5.74, 6) is -3.59. The molecule has 0 amide bonds. The number of nitrogens with one attached hydrogen (secondary N) is 1. The number of ketones is 2. The van der Waals surface area contributed by atoms with Gasteiger partial charge in [-0.3, -0.25) is 14.6 Å². The number of carbonyl (C=O) groups is 3. The summed E-state index contributed by atoms with van der Waals surface area (Å²) in [5.41, 5.74) is 10.1. The average molecular weight is 733 g/mol. The van der Waals surface area contributed by atoms with Crippen molar-refractivity contribution in [2.24, 2.45) is 67.7 Å². The number of rotatable bonds is 12. The van der Waals surface area contributed by atoms with E-state index in [9.17, 15) is 34.8 Å². The number of guanidine groups is 1. The normalized spacial score (nSPS) is 35.7. The number of nitrogens with zero attached hydrogens (tertiary/aromatic N) is 1. The highest BCUT2D eigenvalue weighted by molar-refractivity contribution is 6.01. The highest BCUT2D eigenvalue weighted by atomic mass is 16.4. The van der Waals surface area contributed by atoms with Gasteiger partial charge in [0.15, 0.2) is 11.7 Å². The van der Waals surface area contributed by atoms with E-state index < -0.39 is 63.7 Å². The van der Waals surface area contributed by atoms with Crippen LogP contribution >= 0.6 is 0 Å². The number of aliphatic hydroxyl groups is 3. The molecule has 0 aliphatic heterocycles. The number of carbonyl (C=O) groups excluding carboxylic acids is 2. The Hall–Kier alpha value is -3.64. The molecule has 4 aliphatic rings. The third kappa shape index (κ3) is 6.72. The van der Waals surface area contributed by atoms with Crippen LogP contribution in [0.4, 0.5) is 0 Å². The van der Waals surface area contributed by atoms with E-state index in [1.165, 1.54) is 6.08 Å². The smallest absolute Gasteiger partial charge is 0.331 e. The van der Waals surface area contributed by atoms with Crippen molar-refractivity contribution in [3.05, 3.63) is 64.8 Å². The quantitative estimate of drug-likeness (QED) is 0.0938. The first-order valence-corrected chi connectivity index (χ1v) is 19.0. The number of carboxylic acid groups (broad SMARTS) is 1. The number of nitrogens with two attached hydrogens (primary N) is 2. The van der Waals surface area contributed by atoms with Crippen molar-refractivity contribution in [1.29, 1.82) is 0 Å². The summed E-state index contributed by atoms with van der Waals surface area (Å²) in [6.07, 6.45) is 3.33. The molecule has 4 aliphatic carbocycles. The number of hydrogen-bond acceptors (Lipinski definition) is 8. The fraction of sp³-hybridized carbons (Fsp3) is 0.619. The molecule has 0 heterocycles. The van der Waals surface area contributed by atoms with E-state index in [1.807, 2.05) is 77.1 Å². The largest absolute Gasteiger partial charge is 0.478 e. The Morgan fingerprint density at radius 3 is 2.36 bits per heavy atom. The van der Waals surface area contributed by atoms with Crippen LogP contribution in [-0.2, 0) is 14.4 Å². The molecule has 5 rings (SSSR count). The van der Waals surface area contributed by atoms with Crippen LogP contribution in [0.15, 0.2) is 64.2 Å². The summed E-state index contributed by atoms with van der Waals surface area (Å²) in [6, 6.07) is 9.77. The van der Waals surface area contributed by atoms with Crippen LogP contribution in [-0.4, -0.2) is 82.4 Å². The molecule has 0 spiro atoms. The summed E-state index contributed by atoms with van der Waals surface area (Å²) < 4.78 is 0. The van der Waals surface area contributed by atoms with Gasteiger partial charge in [-0.05, 0) is 73.2 Å². The highest BCUT2D eigenvalue weighted by Gasteiger charge is 2.71. The van der Waals surface area contributed by atoms with E-state index in [-0.39, 0.29) is 60.7 Å². The molecule has 1 aromatic rings. The number of benzene rings is 1. The van der Waals surface area contributed by atoms with Gasteiger partial charge >= 0.3 is 5.97 Å². The first-order chi connectivity index (χ1) is 24.8. The number of carboxylic acids is 1. The van der Waals surface area contributed by atoms with Gasteiger partial charge in [0.2, 0.25) is 0 Å². The molecule has 0 saturated heterocycles. The van der Waals surface area contributed by atoms with Crippen LogP contribution in [0.3, 0.4) is 0 Å². The fourth-order valence-corrected chi connectivity index (χ4v) is 11.3. The van der Waals surface area contributed by atoms with Crippen LogP contribution in [0, 0.1) is 51.2 Å². The lowest BCUT2D eigenvalue weighted by Crippen LogP contribution is -2.63. The van der Waals surface area contributed by atoms with Gasteiger partial charge in [-0.15, -0.1) is 0 Å². The zero-order valence-corrected chi connectivity index (χ0v) is 32.3. The monoisotopic (exact) mass is 732 g/mol. The Balaban J connectivity index is 1.64. The van der Waals surface area contributed by atoms with Crippen molar-refractivity contribution in [3.8, 4) is 0 Å². The van der Waals surface area contributed by atoms with Crippen molar-refractivity contribution in [2.75, 3.05) is 20.1 Å². The van der Waals surface area contributed by atoms with Gasteiger partial charge in [-0.25, -0.2) is 4.79 Å². The molecule has 11 atom stereocenters. The lowest BCUT2D eigenvalue weighted by molar-refractivity contribution is -0.151. The highest BCUT2D eigenvalue weighted by Crippen LogP contribution is 2.72. The summed E-state index contributed by atoms with van der Waals surface area (Å²) in [7, 11) is 1.72. The van der Waals surface area contributed by atoms with Crippen molar-refractivity contribution < 1.29 is 34.8 Å². The number of hydrogen-bond donors (Lipinski definition) is 7. The molecular weight excluding hydrogens is 672 g/mol. The maximum Gasteiger partial charge on any atom is 0.331 e. The van der Waals surface area contributed by atoms with Crippen LogP contribution in [0.2, 0.25) is 0 Å². The number of Topliss-reactive ketones (excluding diaryl/α,β-unsaturated/α-hetero) is 2. The SMILES string of the molecule is CNCCC(=C[C@@H](O)[C@H](CN=C(N)N)[C@@H](C)[C@@H]1C[C@H](O)[C@]2(C)C3=C(C(=O)C[C@]12C)[C@@]1(C)CCC(=O)C(C)(C)[C@@H]1[C@H](C=Cc1ccccc1)[C@H]3O)C(=O)O. The van der Waals surface area contributed by atoms with Crippen molar-refractivity contribution in [1.82, 2.24) is 5.32 Å². The summed E-state index contributed by atoms with van der Waals surface area (Å²) >= 11 is 0. The Kier molecular flexibility index (Phi) is 11.4. The number of aliphatic imine (C=N–C) groups is 1. The topological polar surface area (TPSA) is 209 Å². The predicted molar refractivity (Wildman–Crippen MR) is 205 cm³/mol. The molecule has 0 unspecified atom stereocenters. The van der Waals surface area contributed by atoms with Crippen LogP contribution in [0.25, 0.3) is 6.08 Å². The second kappa shape index (κ2) is 14.9. The van der Waals surface area contributed by atoms with Gasteiger partial charge < -0.3 is 37.2 Å². The standard InChI is InChI=1S/C42H60N4O7/c1-23(27(22-46-38(43)44)29(47)19-25(37(52)53)16-18-45-7)28-20-32(50)42(6)34-33(30(48)21-41(28,42)5)40(4)17-15-31(49)39(2,3)36(40)26(35(34)51)14-13-24-11-9-8-10-12-24/h8-14,19,23,26-29,32,35-36,45,47,50-51H,15-18,20-22H2,1-7H3,(H,52,53)(H4,43,44,46)/t23-,26-,27-,28+,29-,32+,35-,36+,40-,41-,42-/m1/s1. The lowest BCUT2D eigenvalue weighted by atomic mass is 9.40. The van der Waals surface area contributed by atoms with E-state index in [4.69, 9.17) is 11.5 Å². The molecule has 9 N–H and O–H groups in total. The second-order valence-electron chi connectivity index (χ2n) is 17.3. The molecule has 0 aromatic heterocycles. The molecule has 290 valence electrons. The molecule has 1 aromatic carbocycles.